The molecule has 0 aromatic heterocycles. The smallest absolute Gasteiger partial charge is 0.254 e. The molecule has 4 rings (SSSR count). The monoisotopic (exact) mass is 454 g/mol. The number of piperidine rings is 1. The van der Waals surface area contributed by atoms with Crippen LogP contribution < -0.4 is 0 Å². The molecule has 160 valence electrons. The predicted molar refractivity (Wildman–Crippen MR) is 126 cm³/mol. The fraction of sp³-hybridized carbons (Fsp3) is 0.280. The maximum absolute atomic E-state index is 13.1. The lowest BCUT2D eigenvalue weighted by atomic mass is 9.94. The molecule has 4 nitrogen and oxygen atoms in total. The van der Waals surface area contributed by atoms with Gasteiger partial charge in [-0.05, 0) is 41.3 Å². The number of carbonyl (C=O) groups is 2. The van der Waals surface area contributed by atoms with Gasteiger partial charge in [0.05, 0.1) is 10.0 Å². The van der Waals surface area contributed by atoms with Gasteiger partial charge in [-0.25, -0.2) is 0 Å². The van der Waals surface area contributed by atoms with Gasteiger partial charge in [-0.3, -0.25) is 9.59 Å². The summed E-state index contributed by atoms with van der Waals surface area (Å²) in [5, 5.41) is 2.99. The molecule has 0 atom stereocenters. The topological polar surface area (TPSA) is 40.6 Å². The molecule has 1 fully saturated rings. The first-order valence-corrected chi connectivity index (χ1v) is 11.2. The quantitative estimate of drug-likeness (QED) is 0.510. The molecule has 3 aromatic carbocycles. The van der Waals surface area contributed by atoms with Gasteiger partial charge < -0.3 is 9.80 Å². The Balaban J connectivity index is 1.39. The molecule has 0 radical (unpaired) electrons. The normalized spacial score (nSPS) is 14.6. The lowest BCUT2D eigenvalue weighted by molar-refractivity contribution is -0.136. The average molecular weight is 455 g/mol. The summed E-state index contributed by atoms with van der Waals surface area (Å²) >= 11 is 12.4. The average Bonchev–Trinajstić information content (AvgIpc) is 2.80. The van der Waals surface area contributed by atoms with Gasteiger partial charge in [0.1, 0.15) is 0 Å². The molecule has 6 heteroatoms. The second-order valence-corrected chi connectivity index (χ2v) is 8.79. The first-order chi connectivity index (χ1) is 15.0. The molecule has 0 unspecified atom stereocenters. The first kappa shape index (κ1) is 21.7. The standard InChI is InChI=1S/C25H24Cl2N2O2/c1-28(16-19-8-5-11-22(26)23(19)27)24(30)18-12-14-29(15-13-18)25(31)21-10-4-7-17-6-2-3-9-20(17)21/h2-11,18H,12-16H2,1H3. The fourth-order valence-corrected chi connectivity index (χ4v) is 4.61. The van der Waals surface area contributed by atoms with Crippen LogP contribution in [0, 0.1) is 5.92 Å². The number of halogens is 2. The highest BCUT2D eigenvalue weighted by atomic mass is 35.5. The summed E-state index contributed by atoms with van der Waals surface area (Å²) in [7, 11) is 1.78. The number of fused-ring (bicyclic) bond motifs is 1. The van der Waals surface area contributed by atoms with Crippen LogP contribution in [0.25, 0.3) is 10.8 Å². The van der Waals surface area contributed by atoms with E-state index in [0.29, 0.717) is 42.5 Å². The molecule has 1 aliphatic heterocycles. The van der Waals surface area contributed by atoms with Gasteiger partial charge in [0.15, 0.2) is 0 Å². The number of hydrogen-bond donors (Lipinski definition) is 0. The van der Waals surface area contributed by atoms with E-state index in [-0.39, 0.29) is 17.7 Å². The van der Waals surface area contributed by atoms with E-state index in [4.69, 9.17) is 23.2 Å². The number of carbonyl (C=O) groups excluding carboxylic acids is 2. The SMILES string of the molecule is CN(Cc1cccc(Cl)c1Cl)C(=O)C1CCN(C(=O)c2cccc3ccccc23)CC1. The molecule has 0 aliphatic carbocycles. The highest BCUT2D eigenvalue weighted by Gasteiger charge is 2.30. The van der Waals surface area contributed by atoms with Crippen molar-refractivity contribution < 1.29 is 9.59 Å². The Hall–Kier alpha value is -2.56. The molecule has 1 heterocycles. The Bertz CT molecular complexity index is 1120. The number of likely N-dealkylation sites (tertiary alicyclic amines) is 1. The zero-order chi connectivity index (χ0) is 22.0. The molecular formula is C25H24Cl2N2O2. The van der Waals surface area contributed by atoms with Crippen molar-refractivity contribution in [3.63, 3.8) is 0 Å². The van der Waals surface area contributed by atoms with Crippen LogP contribution in [0.3, 0.4) is 0 Å². The lowest BCUT2D eigenvalue weighted by Crippen LogP contribution is -2.43. The van der Waals surface area contributed by atoms with E-state index >= 15 is 0 Å². The van der Waals surface area contributed by atoms with Crippen LogP contribution in [0.2, 0.25) is 10.0 Å². The largest absolute Gasteiger partial charge is 0.341 e. The van der Waals surface area contributed by atoms with Gasteiger partial charge in [0, 0.05) is 38.2 Å². The summed E-state index contributed by atoms with van der Waals surface area (Å²) in [5.41, 5.74) is 1.55. The third-order valence-electron chi connectivity index (χ3n) is 5.97. The van der Waals surface area contributed by atoms with Crippen LogP contribution in [0.1, 0.15) is 28.8 Å². The van der Waals surface area contributed by atoms with Crippen molar-refractivity contribution in [2.24, 2.45) is 5.92 Å². The van der Waals surface area contributed by atoms with Crippen LogP contribution in [-0.2, 0) is 11.3 Å². The van der Waals surface area contributed by atoms with Crippen molar-refractivity contribution >= 4 is 45.8 Å². The summed E-state index contributed by atoms with van der Waals surface area (Å²) in [6.45, 7) is 1.56. The van der Waals surface area contributed by atoms with Crippen LogP contribution in [0.5, 0.6) is 0 Å². The Morgan fingerprint density at radius 3 is 2.42 bits per heavy atom. The van der Waals surface area contributed by atoms with Crippen LogP contribution in [0.15, 0.2) is 60.7 Å². The molecule has 0 N–H and O–H groups in total. The predicted octanol–water partition coefficient (Wildman–Crippen LogP) is 5.66. The van der Waals surface area contributed by atoms with E-state index in [2.05, 4.69) is 0 Å². The summed E-state index contributed by atoms with van der Waals surface area (Å²) in [5.74, 6) is 0.00888. The van der Waals surface area contributed by atoms with Crippen LogP contribution in [-0.4, -0.2) is 41.8 Å². The second kappa shape index (κ2) is 9.29. The number of hydrogen-bond acceptors (Lipinski definition) is 2. The van der Waals surface area contributed by atoms with Gasteiger partial charge >= 0.3 is 0 Å². The molecule has 0 bridgehead atoms. The van der Waals surface area contributed by atoms with Gasteiger partial charge in [-0.2, -0.15) is 0 Å². The summed E-state index contributed by atoms with van der Waals surface area (Å²) < 4.78 is 0. The molecule has 31 heavy (non-hydrogen) atoms. The summed E-state index contributed by atoms with van der Waals surface area (Å²) in [6.07, 6.45) is 1.31. The van der Waals surface area contributed by atoms with Gasteiger partial charge in [-0.1, -0.05) is 71.7 Å². The van der Waals surface area contributed by atoms with Crippen molar-refractivity contribution in [1.29, 1.82) is 0 Å². The Labute approximate surface area is 192 Å². The van der Waals surface area contributed by atoms with Crippen molar-refractivity contribution in [2.45, 2.75) is 19.4 Å². The molecular weight excluding hydrogens is 431 g/mol. The van der Waals surface area contributed by atoms with Crippen molar-refractivity contribution in [3.05, 3.63) is 81.8 Å². The summed E-state index contributed by atoms with van der Waals surface area (Å²) in [4.78, 5) is 29.7. The fourth-order valence-electron chi connectivity index (χ4n) is 4.23. The second-order valence-electron chi connectivity index (χ2n) is 8.00. The summed E-state index contributed by atoms with van der Waals surface area (Å²) in [6, 6.07) is 19.2. The molecule has 2 amide bonds. The van der Waals surface area contributed by atoms with Gasteiger partial charge in [0.25, 0.3) is 5.91 Å². The highest BCUT2D eigenvalue weighted by Crippen LogP contribution is 2.28. The van der Waals surface area contributed by atoms with E-state index < -0.39 is 0 Å². The van der Waals surface area contributed by atoms with E-state index in [9.17, 15) is 9.59 Å². The molecule has 0 saturated carbocycles. The molecule has 1 aliphatic rings. The van der Waals surface area contributed by atoms with Gasteiger partial charge in [-0.15, -0.1) is 0 Å². The number of amides is 2. The zero-order valence-corrected chi connectivity index (χ0v) is 18.9. The molecule has 0 spiro atoms. The van der Waals surface area contributed by atoms with Crippen LogP contribution >= 0.6 is 23.2 Å². The maximum Gasteiger partial charge on any atom is 0.254 e. The Kier molecular flexibility index (Phi) is 6.49. The van der Waals surface area contributed by atoms with Crippen molar-refractivity contribution in [3.8, 4) is 0 Å². The third kappa shape index (κ3) is 4.56. The minimum absolute atomic E-state index is 0.0294. The van der Waals surface area contributed by atoms with E-state index in [1.807, 2.05) is 59.5 Å². The number of nitrogens with zero attached hydrogens (tertiary/aromatic N) is 2. The minimum Gasteiger partial charge on any atom is -0.341 e. The lowest BCUT2D eigenvalue weighted by Gasteiger charge is -2.33. The third-order valence-corrected chi connectivity index (χ3v) is 6.82. The maximum atomic E-state index is 13.1. The highest BCUT2D eigenvalue weighted by molar-refractivity contribution is 6.42. The van der Waals surface area contributed by atoms with Crippen LogP contribution in [0.4, 0.5) is 0 Å². The van der Waals surface area contributed by atoms with E-state index in [1.165, 1.54) is 0 Å². The van der Waals surface area contributed by atoms with Crippen molar-refractivity contribution in [2.75, 3.05) is 20.1 Å². The molecule has 1 saturated heterocycles. The minimum atomic E-state index is -0.0977. The van der Waals surface area contributed by atoms with E-state index in [0.717, 1.165) is 21.9 Å². The number of benzene rings is 3. The van der Waals surface area contributed by atoms with Gasteiger partial charge in [0.2, 0.25) is 5.91 Å². The zero-order valence-electron chi connectivity index (χ0n) is 17.4. The number of rotatable bonds is 4. The van der Waals surface area contributed by atoms with E-state index in [1.54, 1.807) is 18.0 Å². The Morgan fingerprint density at radius 1 is 0.968 bits per heavy atom. The Morgan fingerprint density at radius 2 is 1.65 bits per heavy atom. The first-order valence-electron chi connectivity index (χ1n) is 10.4. The molecule has 3 aromatic rings. The van der Waals surface area contributed by atoms with Crippen molar-refractivity contribution in [1.82, 2.24) is 9.80 Å².